The summed E-state index contributed by atoms with van der Waals surface area (Å²) in [6, 6.07) is 15.8. The zero-order chi connectivity index (χ0) is 17.6. The lowest BCUT2D eigenvalue weighted by molar-refractivity contribution is -0.0659. The van der Waals surface area contributed by atoms with E-state index in [2.05, 4.69) is 26.0 Å². The maximum absolute atomic E-state index is 5.91. The Morgan fingerprint density at radius 3 is 2.56 bits per heavy atom. The molecule has 3 atom stereocenters. The third-order valence-corrected chi connectivity index (χ3v) is 5.60. The van der Waals surface area contributed by atoms with Crippen LogP contribution in [0.3, 0.4) is 0 Å². The highest BCUT2D eigenvalue weighted by atomic mass is 35.5. The van der Waals surface area contributed by atoms with E-state index in [0.29, 0.717) is 23.5 Å². The lowest BCUT2D eigenvalue weighted by atomic mass is 10.2. The van der Waals surface area contributed by atoms with Gasteiger partial charge in [0.05, 0.1) is 6.61 Å². The molecule has 0 amide bonds. The fourth-order valence-electron chi connectivity index (χ4n) is 2.45. The summed E-state index contributed by atoms with van der Waals surface area (Å²) in [7, 11) is 0. The number of hydrogen-bond donors (Lipinski definition) is 0. The van der Waals surface area contributed by atoms with Crippen LogP contribution >= 0.6 is 23.4 Å². The van der Waals surface area contributed by atoms with Gasteiger partial charge in [0, 0.05) is 20.7 Å². The molecule has 5 heteroatoms. The van der Waals surface area contributed by atoms with E-state index in [-0.39, 0.29) is 12.4 Å². The topological polar surface area (TPSA) is 27.7 Å². The van der Waals surface area contributed by atoms with Crippen LogP contribution < -0.4 is 4.74 Å². The number of rotatable bonds is 7. The second-order valence-corrected chi connectivity index (χ2v) is 8.04. The molecule has 3 rings (SSSR count). The normalized spacial score (nSPS) is 21.2. The molecule has 1 saturated heterocycles. The summed E-state index contributed by atoms with van der Waals surface area (Å²) < 4.78 is 17.5. The molecular formula is C20H23ClO3S. The summed E-state index contributed by atoms with van der Waals surface area (Å²) >= 11 is 7.79. The predicted octanol–water partition coefficient (Wildman–Crippen LogP) is 5.72. The molecular weight excluding hydrogens is 356 g/mol. The van der Waals surface area contributed by atoms with Crippen LogP contribution in [-0.2, 0) is 9.47 Å². The average Bonchev–Trinajstić information content (AvgIpc) is 3.10. The van der Waals surface area contributed by atoms with Gasteiger partial charge in [-0.2, -0.15) is 0 Å². The fourth-order valence-corrected chi connectivity index (χ4v) is 3.50. The number of benzene rings is 2. The van der Waals surface area contributed by atoms with E-state index < -0.39 is 0 Å². The molecule has 0 bridgehead atoms. The second-order valence-electron chi connectivity index (χ2n) is 6.09. The maximum atomic E-state index is 5.91. The number of hydrogen-bond acceptors (Lipinski definition) is 4. The Balaban J connectivity index is 1.47. The van der Waals surface area contributed by atoms with Crippen molar-refractivity contribution in [2.75, 3.05) is 13.2 Å². The van der Waals surface area contributed by atoms with Gasteiger partial charge in [-0.25, -0.2) is 0 Å². The molecule has 2 aromatic carbocycles. The highest BCUT2D eigenvalue weighted by Gasteiger charge is 2.27. The molecule has 0 radical (unpaired) electrons. The average molecular weight is 379 g/mol. The van der Waals surface area contributed by atoms with Crippen molar-refractivity contribution < 1.29 is 14.2 Å². The van der Waals surface area contributed by atoms with E-state index in [9.17, 15) is 0 Å². The van der Waals surface area contributed by atoms with Gasteiger partial charge in [0.2, 0.25) is 0 Å². The summed E-state index contributed by atoms with van der Waals surface area (Å²) in [5.74, 6) is 0.854. The lowest BCUT2D eigenvalue weighted by Gasteiger charge is -2.13. The van der Waals surface area contributed by atoms with Crippen LogP contribution in [0.5, 0.6) is 5.75 Å². The van der Waals surface area contributed by atoms with Gasteiger partial charge in [0.25, 0.3) is 0 Å². The van der Waals surface area contributed by atoms with Gasteiger partial charge in [-0.3, -0.25) is 0 Å². The van der Waals surface area contributed by atoms with Crippen LogP contribution in [0, 0.1) is 0 Å². The van der Waals surface area contributed by atoms with E-state index in [1.54, 1.807) is 0 Å². The van der Waals surface area contributed by atoms with Crippen LogP contribution in [0.2, 0.25) is 5.02 Å². The van der Waals surface area contributed by atoms with Crippen LogP contribution in [0.1, 0.15) is 32.1 Å². The molecule has 0 N–H and O–H groups in total. The van der Waals surface area contributed by atoms with E-state index >= 15 is 0 Å². The number of halogens is 1. The Morgan fingerprint density at radius 2 is 1.88 bits per heavy atom. The van der Waals surface area contributed by atoms with Crippen molar-refractivity contribution in [1.29, 1.82) is 0 Å². The monoisotopic (exact) mass is 378 g/mol. The smallest absolute Gasteiger partial charge is 0.184 e. The van der Waals surface area contributed by atoms with E-state index in [1.807, 2.05) is 48.2 Å². The van der Waals surface area contributed by atoms with Crippen LogP contribution in [0.4, 0.5) is 0 Å². The lowest BCUT2D eigenvalue weighted by Crippen LogP contribution is -2.19. The minimum Gasteiger partial charge on any atom is -0.491 e. The quantitative estimate of drug-likeness (QED) is 0.575. The summed E-state index contributed by atoms with van der Waals surface area (Å²) in [6.45, 7) is 5.44. The van der Waals surface area contributed by atoms with Crippen LogP contribution in [0.25, 0.3) is 0 Å². The van der Waals surface area contributed by atoms with E-state index in [0.717, 1.165) is 17.7 Å². The molecule has 0 saturated carbocycles. The molecule has 0 aliphatic carbocycles. The molecule has 1 aliphatic rings. The highest BCUT2D eigenvalue weighted by Crippen LogP contribution is 2.29. The van der Waals surface area contributed by atoms with Crippen LogP contribution in [0.15, 0.2) is 53.4 Å². The van der Waals surface area contributed by atoms with Crippen molar-refractivity contribution in [3.63, 3.8) is 0 Å². The van der Waals surface area contributed by atoms with Gasteiger partial charge < -0.3 is 14.2 Å². The SMILES string of the molecule is CCC(C)Sc1ccc(OCC2COC(c3ccc(Cl)cc3)O2)cc1. The molecule has 1 heterocycles. The van der Waals surface area contributed by atoms with Crippen LogP contribution in [-0.4, -0.2) is 24.6 Å². The summed E-state index contributed by atoms with van der Waals surface area (Å²) in [5.41, 5.74) is 0.971. The molecule has 3 nitrogen and oxygen atoms in total. The van der Waals surface area contributed by atoms with Gasteiger partial charge in [-0.05, 0) is 42.8 Å². The fraction of sp³-hybridized carbons (Fsp3) is 0.400. The van der Waals surface area contributed by atoms with Gasteiger partial charge in [0.1, 0.15) is 18.5 Å². The Hall–Kier alpha value is -1.20. The zero-order valence-corrected chi connectivity index (χ0v) is 16.1. The minimum atomic E-state index is -0.347. The largest absolute Gasteiger partial charge is 0.491 e. The van der Waals surface area contributed by atoms with E-state index in [4.69, 9.17) is 25.8 Å². The Labute approximate surface area is 158 Å². The summed E-state index contributed by atoms with van der Waals surface area (Å²) in [5, 5.41) is 1.33. The standard InChI is InChI=1S/C20H23ClO3S/c1-3-14(2)25-19-10-8-17(9-11-19)22-12-18-13-23-20(24-18)15-4-6-16(21)7-5-15/h4-11,14,18,20H,3,12-13H2,1-2H3. The zero-order valence-electron chi connectivity index (χ0n) is 14.5. The first-order valence-electron chi connectivity index (χ1n) is 8.56. The van der Waals surface area contributed by atoms with Crippen molar-refractivity contribution in [1.82, 2.24) is 0 Å². The predicted molar refractivity (Wildman–Crippen MR) is 103 cm³/mol. The van der Waals surface area contributed by atoms with Crippen molar-refractivity contribution in [3.8, 4) is 5.75 Å². The number of thioether (sulfide) groups is 1. The summed E-state index contributed by atoms with van der Waals surface area (Å²) in [4.78, 5) is 1.27. The van der Waals surface area contributed by atoms with Gasteiger partial charge in [-0.1, -0.05) is 37.6 Å². The Kier molecular flexibility index (Phi) is 6.65. The minimum absolute atomic E-state index is 0.0742. The number of ether oxygens (including phenoxy) is 3. The van der Waals surface area contributed by atoms with E-state index in [1.165, 1.54) is 4.90 Å². The molecule has 0 aromatic heterocycles. The highest BCUT2D eigenvalue weighted by molar-refractivity contribution is 7.99. The first-order valence-corrected chi connectivity index (χ1v) is 9.82. The first kappa shape index (κ1) is 18.6. The first-order chi connectivity index (χ1) is 12.1. The second kappa shape index (κ2) is 8.95. The van der Waals surface area contributed by atoms with Gasteiger partial charge >= 0.3 is 0 Å². The van der Waals surface area contributed by atoms with Gasteiger partial charge in [0.15, 0.2) is 6.29 Å². The summed E-state index contributed by atoms with van der Waals surface area (Å²) in [6.07, 6.45) is 0.742. The molecule has 0 spiro atoms. The maximum Gasteiger partial charge on any atom is 0.184 e. The Morgan fingerprint density at radius 1 is 1.16 bits per heavy atom. The van der Waals surface area contributed by atoms with Crippen molar-refractivity contribution in [3.05, 3.63) is 59.1 Å². The molecule has 1 aliphatic heterocycles. The third kappa shape index (κ3) is 5.38. The van der Waals surface area contributed by atoms with Crippen molar-refractivity contribution >= 4 is 23.4 Å². The molecule has 2 aromatic rings. The molecule has 3 unspecified atom stereocenters. The molecule has 134 valence electrons. The molecule has 25 heavy (non-hydrogen) atoms. The third-order valence-electron chi connectivity index (χ3n) is 4.06. The van der Waals surface area contributed by atoms with Crippen molar-refractivity contribution in [2.45, 2.75) is 42.8 Å². The Bertz CT molecular complexity index is 660. The van der Waals surface area contributed by atoms with Gasteiger partial charge in [-0.15, -0.1) is 11.8 Å². The van der Waals surface area contributed by atoms with Crippen molar-refractivity contribution in [2.24, 2.45) is 0 Å². The molecule has 1 fully saturated rings.